The number of halogens is 2. The van der Waals surface area contributed by atoms with E-state index in [2.05, 4.69) is 41.2 Å². The lowest BCUT2D eigenvalue weighted by molar-refractivity contribution is -0.117. The Kier molecular flexibility index (Phi) is 10.2. The molecule has 3 aromatic rings. The highest BCUT2D eigenvalue weighted by atomic mass is 19.1. The maximum atomic E-state index is 14.2. The van der Waals surface area contributed by atoms with Crippen LogP contribution in [-0.4, -0.2) is 78.6 Å². The molecule has 4 rings (SSSR count). The fourth-order valence-corrected chi connectivity index (χ4v) is 4.92. The number of aromatic amines is 1. The van der Waals surface area contributed by atoms with Crippen LogP contribution in [0.1, 0.15) is 38.4 Å². The molecular weight excluding hydrogens is 560 g/mol. The van der Waals surface area contributed by atoms with E-state index in [9.17, 15) is 18.7 Å². The Balaban J connectivity index is 1.62. The Labute approximate surface area is 249 Å². The summed E-state index contributed by atoms with van der Waals surface area (Å²) in [6.45, 7) is 9.35. The van der Waals surface area contributed by atoms with E-state index >= 15 is 0 Å². The van der Waals surface area contributed by atoms with Crippen LogP contribution in [0, 0.1) is 17.0 Å². The Hall–Kier alpha value is -4.23. The van der Waals surface area contributed by atoms with Crippen LogP contribution in [0.25, 0.3) is 0 Å². The van der Waals surface area contributed by atoms with Crippen molar-refractivity contribution in [1.29, 1.82) is 0 Å². The molecule has 13 heteroatoms. The van der Waals surface area contributed by atoms with Crippen molar-refractivity contribution >= 4 is 28.9 Å². The van der Waals surface area contributed by atoms with Crippen molar-refractivity contribution in [3.63, 3.8) is 0 Å². The molecule has 0 saturated heterocycles. The number of nitrogens with one attached hydrogen (secondary N) is 2. The molecule has 1 aliphatic heterocycles. The van der Waals surface area contributed by atoms with Gasteiger partial charge in [0.15, 0.2) is 17.3 Å². The van der Waals surface area contributed by atoms with Crippen LogP contribution in [0.2, 0.25) is 0 Å². The lowest BCUT2D eigenvalue weighted by atomic mass is 9.96. The lowest BCUT2D eigenvalue weighted by Gasteiger charge is -2.33. The normalized spacial score (nSPS) is 14.1. The Morgan fingerprint density at radius 3 is 2.53 bits per heavy atom. The van der Waals surface area contributed by atoms with Gasteiger partial charge in [-0.15, -0.1) is 0 Å². The maximum Gasteiger partial charge on any atom is 0.223 e. The van der Waals surface area contributed by atoms with Crippen molar-refractivity contribution in [1.82, 2.24) is 15.1 Å². The highest BCUT2D eigenvalue weighted by molar-refractivity contribution is 6.16. The van der Waals surface area contributed by atoms with Crippen LogP contribution in [-0.2, 0) is 11.2 Å². The molecule has 0 aliphatic carbocycles. The molecule has 0 spiro atoms. The molecule has 0 atom stereocenters. The van der Waals surface area contributed by atoms with Crippen LogP contribution in [0.5, 0.6) is 11.5 Å². The first-order valence-electron chi connectivity index (χ1n) is 14.0. The molecule has 0 unspecified atom stereocenters. The fraction of sp³-hybridized carbons (Fsp3) is 0.433. The number of benzene rings is 2. The van der Waals surface area contributed by atoms with E-state index in [1.165, 1.54) is 19.2 Å². The predicted molar refractivity (Wildman–Crippen MR) is 161 cm³/mol. The van der Waals surface area contributed by atoms with Crippen molar-refractivity contribution < 1.29 is 28.2 Å². The average Bonchev–Trinajstić information content (AvgIpc) is 3.35. The third kappa shape index (κ3) is 8.64. The van der Waals surface area contributed by atoms with Crippen molar-refractivity contribution in [2.45, 2.75) is 33.6 Å². The van der Waals surface area contributed by atoms with E-state index < -0.39 is 17.5 Å². The molecule has 2 heterocycles. The highest BCUT2D eigenvalue weighted by Crippen LogP contribution is 2.38. The summed E-state index contributed by atoms with van der Waals surface area (Å²) in [4.78, 5) is 19.9. The monoisotopic (exact) mass is 599 g/mol. The third-order valence-corrected chi connectivity index (χ3v) is 6.58. The number of ether oxygens (including phenoxy) is 2. The Morgan fingerprint density at radius 1 is 1.14 bits per heavy atom. The third-order valence-electron chi connectivity index (χ3n) is 6.58. The molecule has 1 aromatic heterocycles. The van der Waals surface area contributed by atoms with Gasteiger partial charge >= 0.3 is 0 Å². The molecule has 0 saturated carbocycles. The highest BCUT2D eigenvalue weighted by Gasteiger charge is 2.27. The predicted octanol–water partition coefficient (Wildman–Crippen LogP) is 3.80. The van der Waals surface area contributed by atoms with Crippen LogP contribution in [0.15, 0.2) is 41.4 Å². The summed E-state index contributed by atoms with van der Waals surface area (Å²) >= 11 is 0. The van der Waals surface area contributed by atoms with Gasteiger partial charge in [-0.2, -0.15) is 5.10 Å². The number of aromatic nitrogens is 2. The van der Waals surface area contributed by atoms with E-state index in [4.69, 9.17) is 20.2 Å². The van der Waals surface area contributed by atoms with Gasteiger partial charge in [0.05, 0.1) is 44.8 Å². The molecule has 232 valence electrons. The van der Waals surface area contributed by atoms with E-state index in [0.29, 0.717) is 47.4 Å². The van der Waals surface area contributed by atoms with E-state index in [1.54, 1.807) is 23.1 Å². The summed E-state index contributed by atoms with van der Waals surface area (Å²) < 4.78 is 40.2. The minimum atomic E-state index is -0.731. The number of carbonyl (C=O) groups is 1. The number of fused-ring (bicyclic) bond motifs is 1. The smallest absolute Gasteiger partial charge is 0.223 e. The van der Waals surface area contributed by atoms with Crippen LogP contribution in [0.4, 0.5) is 26.0 Å². The number of hydrogen-bond acceptors (Lipinski definition) is 8. The number of nitrogens with zero attached hydrogens (tertiary/aromatic N) is 4. The zero-order valence-corrected chi connectivity index (χ0v) is 24.9. The number of aliphatic hydroxyl groups is 1. The molecule has 11 nitrogen and oxygen atoms in total. The molecule has 0 bridgehead atoms. The first-order valence-corrected chi connectivity index (χ1v) is 14.0. The van der Waals surface area contributed by atoms with Gasteiger partial charge in [-0.25, -0.2) is 13.8 Å². The molecule has 0 radical (unpaired) electrons. The minimum absolute atomic E-state index is 0.0443. The molecule has 43 heavy (non-hydrogen) atoms. The van der Waals surface area contributed by atoms with Crippen LogP contribution < -0.4 is 25.4 Å². The number of H-pyrrole nitrogens is 1. The number of amidine groups is 1. The van der Waals surface area contributed by atoms with E-state index in [-0.39, 0.29) is 36.6 Å². The summed E-state index contributed by atoms with van der Waals surface area (Å²) in [6, 6.07) is 8.35. The van der Waals surface area contributed by atoms with Crippen LogP contribution in [0.3, 0.4) is 0 Å². The van der Waals surface area contributed by atoms with Gasteiger partial charge in [0.1, 0.15) is 17.5 Å². The largest absolute Gasteiger partial charge is 0.493 e. The van der Waals surface area contributed by atoms with Crippen molar-refractivity contribution in [3.05, 3.63) is 59.3 Å². The summed E-state index contributed by atoms with van der Waals surface area (Å²) in [5, 5.41) is 19.6. The second kappa shape index (κ2) is 13.8. The number of anilines is 2. The number of hydrogen-bond donors (Lipinski definition) is 4. The topological polar surface area (TPSA) is 141 Å². The van der Waals surface area contributed by atoms with Gasteiger partial charge in [0.25, 0.3) is 0 Å². The van der Waals surface area contributed by atoms with Crippen LogP contribution >= 0.6 is 0 Å². The maximum absolute atomic E-state index is 14.2. The summed E-state index contributed by atoms with van der Waals surface area (Å²) in [5.41, 5.74) is 7.38. The van der Waals surface area contributed by atoms with E-state index in [1.807, 2.05) is 0 Å². The van der Waals surface area contributed by atoms with E-state index in [0.717, 1.165) is 25.6 Å². The number of nitrogens with two attached hydrogens (primary N) is 1. The number of rotatable bonds is 13. The van der Waals surface area contributed by atoms with Gasteiger partial charge in [-0.3, -0.25) is 9.89 Å². The number of aliphatic imine (C=N–C) groups is 1. The minimum Gasteiger partial charge on any atom is -0.493 e. The first kappa shape index (κ1) is 31.7. The Bertz CT molecular complexity index is 1430. The fourth-order valence-electron chi connectivity index (χ4n) is 4.92. The molecule has 1 aliphatic rings. The summed E-state index contributed by atoms with van der Waals surface area (Å²) in [7, 11) is 1.53. The molecule has 2 aromatic carbocycles. The SMILES string of the molecule is COc1cc2c(cc1OCCCN(CCO)CC(C)(C)C)NCN(c1cc(F)cc(F)c1)C2=Nc1cc(CC(N)=O)[nH]n1. The van der Waals surface area contributed by atoms with Gasteiger partial charge in [0, 0.05) is 49.1 Å². The number of primary amides is 1. The first-order chi connectivity index (χ1) is 20.5. The number of amides is 1. The standard InChI is InChI=1S/C30H39F2N7O4/c1-30(2,3)17-38(7-8-40)6-5-9-43-26-16-24-23(15-25(26)42-4)29(35-28-14-21(36-37-28)13-27(33)41)39(18-34-24)22-11-19(31)10-20(32)12-22/h10-12,14-16,34,40H,5-9,13,17-18H2,1-4H3,(H2,33,41)(H,36,37). The zero-order chi connectivity index (χ0) is 31.1. The second-order valence-corrected chi connectivity index (χ2v) is 11.5. The van der Waals surface area contributed by atoms with Crippen molar-refractivity contribution in [2.75, 3.05) is 56.8 Å². The van der Waals surface area contributed by atoms with Gasteiger partial charge in [-0.1, -0.05) is 20.8 Å². The van der Waals surface area contributed by atoms with Crippen molar-refractivity contribution in [2.24, 2.45) is 16.1 Å². The lowest BCUT2D eigenvalue weighted by Crippen LogP contribution is -2.40. The van der Waals surface area contributed by atoms with Gasteiger partial charge < -0.3 is 35.4 Å². The average molecular weight is 600 g/mol. The molecular formula is C30H39F2N7O4. The second-order valence-electron chi connectivity index (χ2n) is 11.5. The quantitative estimate of drug-likeness (QED) is 0.218. The van der Waals surface area contributed by atoms with Crippen molar-refractivity contribution in [3.8, 4) is 11.5 Å². The number of methoxy groups -OCH3 is 1. The summed E-state index contributed by atoms with van der Waals surface area (Å²) in [5.74, 6) is -0.426. The Morgan fingerprint density at radius 2 is 1.88 bits per heavy atom. The number of carbonyl (C=O) groups excluding carboxylic acids is 1. The molecule has 0 fully saturated rings. The molecule has 5 N–H and O–H groups in total. The molecule has 1 amide bonds. The number of aliphatic hydroxyl groups excluding tert-OH is 1. The van der Waals surface area contributed by atoms with Gasteiger partial charge in [-0.05, 0) is 30.0 Å². The zero-order valence-electron chi connectivity index (χ0n) is 24.9. The van der Waals surface area contributed by atoms with Gasteiger partial charge in [0.2, 0.25) is 5.91 Å². The summed E-state index contributed by atoms with van der Waals surface area (Å²) in [6.07, 6.45) is 0.694.